The molecular weight excluding hydrogens is 212 g/mol. The number of hydrogen-bond donors (Lipinski definition) is 1. The van der Waals surface area contributed by atoms with E-state index < -0.39 is 16.9 Å². The number of nitroso groups, excluding NO2 is 1. The van der Waals surface area contributed by atoms with E-state index in [9.17, 15) is 14.5 Å². The molecule has 0 unspecified atom stereocenters. The minimum atomic E-state index is -0.766. The van der Waals surface area contributed by atoms with Gasteiger partial charge in [0.1, 0.15) is 5.82 Å². The molecule has 16 heavy (non-hydrogen) atoms. The molecule has 0 atom stereocenters. The van der Waals surface area contributed by atoms with E-state index in [-0.39, 0.29) is 11.7 Å². The molecule has 0 amide bonds. The molecule has 0 saturated heterocycles. The lowest BCUT2D eigenvalue weighted by molar-refractivity contribution is 0.494. The predicted molar refractivity (Wildman–Crippen MR) is 60.6 cm³/mol. The maximum atomic E-state index is 11.7. The molecular formula is C9H14N4O3. The average Bonchev–Trinajstić information content (AvgIpc) is 2.22. The van der Waals surface area contributed by atoms with E-state index in [0.717, 1.165) is 4.57 Å². The smallest absolute Gasteiger partial charge is 0.332 e. The zero-order valence-electron chi connectivity index (χ0n) is 9.43. The molecule has 0 aromatic carbocycles. The van der Waals surface area contributed by atoms with Crippen LogP contribution < -0.4 is 17.0 Å². The van der Waals surface area contributed by atoms with Crippen molar-refractivity contribution < 1.29 is 0 Å². The first-order valence-corrected chi connectivity index (χ1v) is 4.82. The first-order valence-electron chi connectivity index (χ1n) is 4.82. The van der Waals surface area contributed by atoms with Crippen LogP contribution in [-0.2, 0) is 13.6 Å². The Morgan fingerprint density at radius 1 is 1.38 bits per heavy atom. The van der Waals surface area contributed by atoms with E-state index in [1.165, 1.54) is 11.6 Å². The van der Waals surface area contributed by atoms with Gasteiger partial charge in [0.05, 0.1) is 0 Å². The lowest BCUT2D eigenvalue weighted by Crippen LogP contribution is -2.39. The number of nitrogen functional groups attached to an aromatic ring is 1. The molecule has 1 heterocycles. The molecule has 1 aromatic rings. The highest BCUT2D eigenvalue weighted by Crippen LogP contribution is 2.14. The minimum absolute atomic E-state index is 0.164. The SMILES string of the molecule is CC(C)Cn1c(N)c(N=O)c(=O)n(C)c1=O. The maximum absolute atomic E-state index is 11.7. The number of nitrogens with zero attached hydrogens (tertiary/aromatic N) is 3. The summed E-state index contributed by atoms with van der Waals surface area (Å²) >= 11 is 0. The molecule has 0 fully saturated rings. The van der Waals surface area contributed by atoms with Crippen molar-refractivity contribution in [2.75, 3.05) is 5.73 Å². The fourth-order valence-electron chi connectivity index (χ4n) is 1.39. The Kier molecular flexibility index (Phi) is 3.26. The van der Waals surface area contributed by atoms with Crippen LogP contribution in [0.3, 0.4) is 0 Å². The second-order valence-electron chi connectivity index (χ2n) is 3.98. The van der Waals surface area contributed by atoms with Crippen molar-refractivity contribution in [1.82, 2.24) is 9.13 Å². The third-order valence-electron chi connectivity index (χ3n) is 2.20. The van der Waals surface area contributed by atoms with Gasteiger partial charge in [-0.1, -0.05) is 13.8 Å². The Balaban J connectivity index is 3.62. The third-order valence-corrected chi connectivity index (χ3v) is 2.20. The molecule has 7 nitrogen and oxygen atoms in total. The summed E-state index contributed by atoms with van der Waals surface area (Å²) in [4.78, 5) is 33.7. The summed E-state index contributed by atoms with van der Waals surface area (Å²) in [5.41, 5.74) is 3.85. The molecule has 88 valence electrons. The van der Waals surface area contributed by atoms with Gasteiger partial charge in [-0.15, -0.1) is 4.91 Å². The topological polar surface area (TPSA) is 99.4 Å². The van der Waals surface area contributed by atoms with Crippen molar-refractivity contribution in [1.29, 1.82) is 0 Å². The number of nitrogens with two attached hydrogens (primary N) is 1. The third kappa shape index (κ3) is 1.88. The summed E-state index contributed by atoms with van der Waals surface area (Å²) in [7, 11) is 1.29. The van der Waals surface area contributed by atoms with E-state index in [4.69, 9.17) is 5.73 Å². The highest BCUT2D eigenvalue weighted by molar-refractivity contribution is 5.55. The monoisotopic (exact) mass is 226 g/mol. The normalized spacial score (nSPS) is 10.8. The maximum Gasteiger partial charge on any atom is 0.332 e. The molecule has 0 aliphatic rings. The van der Waals surface area contributed by atoms with Gasteiger partial charge < -0.3 is 5.73 Å². The number of aromatic nitrogens is 2. The van der Waals surface area contributed by atoms with Crippen molar-refractivity contribution in [2.24, 2.45) is 18.1 Å². The van der Waals surface area contributed by atoms with Gasteiger partial charge in [0.15, 0.2) is 0 Å². The van der Waals surface area contributed by atoms with Crippen LogP contribution in [0, 0.1) is 10.8 Å². The van der Waals surface area contributed by atoms with Crippen LogP contribution in [0.15, 0.2) is 14.8 Å². The Morgan fingerprint density at radius 3 is 2.38 bits per heavy atom. The Morgan fingerprint density at radius 2 is 1.94 bits per heavy atom. The molecule has 7 heteroatoms. The summed E-state index contributed by atoms with van der Waals surface area (Å²) < 4.78 is 2.01. The Bertz CT molecular complexity index is 527. The molecule has 1 aromatic heterocycles. The highest BCUT2D eigenvalue weighted by atomic mass is 16.3. The molecule has 0 radical (unpaired) electrons. The van der Waals surface area contributed by atoms with Gasteiger partial charge in [-0.25, -0.2) is 4.79 Å². The first-order chi connectivity index (χ1) is 7.40. The van der Waals surface area contributed by atoms with Crippen molar-refractivity contribution >= 4 is 11.5 Å². The van der Waals surface area contributed by atoms with Crippen LogP contribution in [0.2, 0.25) is 0 Å². The summed E-state index contributed by atoms with van der Waals surface area (Å²) in [6.07, 6.45) is 0. The number of rotatable bonds is 3. The molecule has 0 bridgehead atoms. The van der Waals surface area contributed by atoms with Gasteiger partial charge in [0.2, 0.25) is 5.69 Å². The van der Waals surface area contributed by atoms with Crippen LogP contribution in [0.1, 0.15) is 13.8 Å². The van der Waals surface area contributed by atoms with Crippen LogP contribution in [0.5, 0.6) is 0 Å². The van der Waals surface area contributed by atoms with Crippen LogP contribution in [-0.4, -0.2) is 9.13 Å². The van der Waals surface area contributed by atoms with E-state index in [1.807, 2.05) is 13.8 Å². The quantitative estimate of drug-likeness (QED) is 0.743. The zero-order valence-corrected chi connectivity index (χ0v) is 9.43. The van der Waals surface area contributed by atoms with E-state index in [2.05, 4.69) is 5.18 Å². The van der Waals surface area contributed by atoms with Gasteiger partial charge in [-0.2, -0.15) is 0 Å². The van der Waals surface area contributed by atoms with Gasteiger partial charge in [-0.3, -0.25) is 13.9 Å². The van der Waals surface area contributed by atoms with E-state index in [0.29, 0.717) is 6.54 Å². The molecule has 2 N–H and O–H groups in total. The predicted octanol–water partition coefficient (Wildman–Crippen LogP) is 0.183. The summed E-state index contributed by atoms with van der Waals surface area (Å²) in [5, 5.41) is 2.57. The molecule has 0 saturated carbocycles. The largest absolute Gasteiger partial charge is 0.383 e. The second-order valence-corrected chi connectivity index (χ2v) is 3.98. The highest BCUT2D eigenvalue weighted by Gasteiger charge is 2.16. The lowest BCUT2D eigenvalue weighted by atomic mass is 10.2. The second kappa shape index (κ2) is 4.30. The number of hydrogen-bond acceptors (Lipinski definition) is 5. The summed E-state index contributed by atoms with van der Waals surface area (Å²) in [5.74, 6) is -0.00574. The van der Waals surface area contributed by atoms with Gasteiger partial charge in [-0.05, 0) is 11.1 Å². The summed E-state index contributed by atoms with van der Waals surface area (Å²) in [6, 6.07) is 0. The lowest BCUT2D eigenvalue weighted by Gasteiger charge is -2.13. The molecule has 1 rings (SSSR count). The van der Waals surface area contributed by atoms with E-state index in [1.54, 1.807) is 0 Å². The van der Waals surface area contributed by atoms with Gasteiger partial charge in [0.25, 0.3) is 5.56 Å². The Labute approximate surface area is 91.5 Å². The van der Waals surface area contributed by atoms with Crippen LogP contribution in [0.25, 0.3) is 0 Å². The standard InChI is InChI=1S/C9H14N4O3/c1-5(2)4-13-7(10)6(11-16)8(14)12(3)9(13)15/h5H,4,10H2,1-3H3. The summed E-state index contributed by atoms with van der Waals surface area (Å²) in [6.45, 7) is 4.12. The van der Waals surface area contributed by atoms with Crippen LogP contribution in [0.4, 0.5) is 11.5 Å². The van der Waals surface area contributed by atoms with Crippen molar-refractivity contribution in [3.63, 3.8) is 0 Å². The van der Waals surface area contributed by atoms with Gasteiger partial charge >= 0.3 is 5.69 Å². The minimum Gasteiger partial charge on any atom is -0.383 e. The fourth-order valence-corrected chi connectivity index (χ4v) is 1.39. The average molecular weight is 226 g/mol. The van der Waals surface area contributed by atoms with Crippen molar-refractivity contribution in [2.45, 2.75) is 20.4 Å². The van der Waals surface area contributed by atoms with Crippen molar-refractivity contribution in [3.05, 3.63) is 25.7 Å². The first kappa shape index (κ1) is 12.2. The Hall–Kier alpha value is -1.92. The number of anilines is 1. The van der Waals surface area contributed by atoms with Crippen LogP contribution >= 0.6 is 0 Å². The van der Waals surface area contributed by atoms with E-state index >= 15 is 0 Å². The van der Waals surface area contributed by atoms with Crippen molar-refractivity contribution in [3.8, 4) is 0 Å². The van der Waals surface area contributed by atoms with Gasteiger partial charge in [0, 0.05) is 13.6 Å². The fraction of sp³-hybridized carbons (Fsp3) is 0.556. The molecule has 0 aliphatic carbocycles. The molecule has 0 aliphatic heterocycles. The molecule has 0 spiro atoms. The zero-order chi connectivity index (χ0) is 12.5.